The fourth-order valence-corrected chi connectivity index (χ4v) is 1.59. The lowest BCUT2D eigenvalue weighted by molar-refractivity contribution is 0.490. The smallest absolute Gasteiger partial charge is 0.123 e. The Labute approximate surface area is 95.3 Å². The van der Waals surface area contributed by atoms with Crippen LogP contribution < -0.4 is 11.1 Å². The molecule has 84 valence electrons. The zero-order valence-corrected chi connectivity index (χ0v) is 9.58. The maximum atomic E-state index is 5.74. The van der Waals surface area contributed by atoms with E-state index in [2.05, 4.69) is 12.2 Å². The van der Waals surface area contributed by atoms with Crippen LogP contribution in [0.2, 0.25) is 0 Å². The highest BCUT2D eigenvalue weighted by Gasteiger charge is 2.01. The Morgan fingerprint density at radius 3 is 2.69 bits per heavy atom. The summed E-state index contributed by atoms with van der Waals surface area (Å²) in [6.07, 6.45) is 0. The third-order valence-corrected chi connectivity index (χ3v) is 2.51. The predicted octanol–water partition coefficient (Wildman–Crippen LogP) is 3.09. The first kappa shape index (κ1) is 10.6. The molecule has 3 nitrogen and oxygen atoms in total. The molecule has 0 fully saturated rings. The van der Waals surface area contributed by atoms with Crippen LogP contribution in [0.15, 0.2) is 34.7 Å². The Morgan fingerprint density at radius 2 is 2.00 bits per heavy atom. The van der Waals surface area contributed by atoms with E-state index in [-0.39, 0.29) is 0 Å². The van der Waals surface area contributed by atoms with Gasteiger partial charge in [-0.3, -0.25) is 0 Å². The zero-order valence-electron chi connectivity index (χ0n) is 9.58. The van der Waals surface area contributed by atoms with Crippen LogP contribution in [-0.4, -0.2) is 0 Å². The summed E-state index contributed by atoms with van der Waals surface area (Å²) in [4.78, 5) is 0. The molecule has 0 spiro atoms. The molecule has 1 heterocycles. The van der Waals surface area contributed by atoms with Crippen molar-refractivity contribution in [1.29, 1.82) is 0 Å². The minimum Gasteiger partial charge on any atom is -0.465 e. The highest BCUT2D eigenvalue weighted by Crippen LogP contribution is 2.19. The average molecular weight is 216 g/mol. The molecule has 0 amide bonds. The summed E-state index contributed by atoms with van der Waals surface area (Å²) in [5.74, 6) is 1.86. The highest BCUT2D eigenvalue weighted by molar-refractivity contribution is 5.59. The lowest BCUT2D eigenvalue weighted by Gasteiger charge is -2.08. The molecular weight excluding hydrogens is 200 g/mol. The van der Waals surface area contributed by atoms with E-state index in [9.17, 15) is 0 Å². The standard InChI is InChI=1S/C13H16N2O/c1-9-3-5-11(14)7-13(9)15-8-12-6-4-10(2)16-12/h3-7,15H,8,14H2,1-2H3. The molecule has 0 aliphatic carbocycles. The predicted molar refractivity (Wildman–Crippen MR) is 66.4 cm³/mol. The molecule has 0 radical (unpaired) electrons. The van der Waals surface area contributed by atoms with Crippen LogP contribution >= 0.6 is 0 Å². The third kappa shape index (κ3) is 2.37. The fraction of sp³-hybridized carbons (Fsp3) is 0.231. The first-order chi connectivity index (χ1) is 7.65. The molecule has 0 saturated heterocycles. The summed E-state index contributed by atoms with van der Waals surface area (Å²) in [5, 5.41) is 3.31. The summed E-state index contributed by atoms with van der Waals surface area (Å²) in [6, 6.07) is 9.78. The lowest BCUT2D eigenvalue weighted by Crippen LogP contribution is -2.00. The number of hydrogen-bond acceptors (Lipinski definition) is 3. The van der Waals surface area contributed by atoms with Gasteiger partial charge in [0, 0.05) is 11.4 Å². The van der Waals surface area contributed by atoms with Gasteiger partial charge in [0.25, 0.3) is 0 Å². The van der Waals surface area contributed by atoms with Crippen LogP contribution in [-0.2, 0) is 6.54 Å². The summed E-state index contributed by atoms with van der Waals surface area (Å²) in [7, 11) is 0. The number of nitrogen functional groups attached to an aromatic ring is 1. The molecule has 16 heavy (non-hydrogen) atoms. The molecule has 0 aliphatic rings. The molecule has 0 atom stereocenters. The van der Waals surface area contributed by atoms with Gasteiger partial charge in [0.05, 0.1) is 6.54 Å². The van der Waals surface area contributed by atoms with E-state index in [1.165, 1.54) is 5.56 Å². The van der Waals surface area contributed by atoms with Crippen molar-refractivity contribution in [1.82, 2.24) is 0 Å². The largest absolute Gasteiger partial charge is 0.465 e. The Balaban J connectivity index is 2.07. The maximum absolute atomic E-state index is 5.74. The first-order valence-electron chi connectivity index (χ1n) is 5.30. The number of rotatable bonds is 3. The molecule has 0 bridgehead atoms. The van der Waals surface area contributed by atoms with Gasteiger partial charge in [-0.25, -0.2) is 0 Å². The van der Waals surface area contributed by atoms with Gasteiger partial charge in [0.15, 0.2) is 0 Å². The number of furan rings is 1. The summed E-state index contributed by atoms with van der Waals surface area (Å²) >= 11 is 0. The second-order valence-electron chi connectivity index (χ2n) is 3.94. The quantitative estimate of drug-likeness (QED) is 0.775. The molecule has 3 heteroatoms. The summed E-state index contributed by atoms with van der Waals surface area (Å²) in [5.41, 5.74) is 8.73. The Morgan fingerprint density at radius 1 is 1.19 bits per heavy atom. The van der Waals surface area contributed by atoms with Gasteiger partial charge in [-0.1, -0.05) is 6.07 Å². The van der Waals surface area contributed by atoms with Crippen LogP contribution in [0.25, 0.3) is 0 Å². The fourth-order valence-electron chi connectivity index (χ4n) is 1.59. The van der Waals surface area contributed by atoms with E-state index in [1.54, 1.807) is 0 Å². The lowest BCUT2D eigenvalue weighted by atomic mass is 10.2. The SMILES string of the molecule is Cc1ccc(CNc2cc(N)ccc2C)o1. The number of nitrogens with one attached hydrogen (secondary N) is 1. The van der Waals surface area contributed by atoms with E-state index in [1.807, 2.05) is 37.3 Å². The van der Waals surface area contributed by atoms with Crippen LogP contribution in [0.4, 0.5) is 11.4 Å². The molecule has 2 rings (SSSR count). The summed E-state index contributed by atoms with van der Waals surface area (Å²) < 4.78 is 5.48. The van der Waals surface area contributed by atoms with Crippen molar-refractivity contribution < 1.29 is 4.42 Å². The maximum Gasteiger partial charge on any atom is 0.123 e. The minimum atomic E-state index is 0.679. The monoisotopic (exact) mass is 216 g/mol. The van der Waals surface area contributed by atoms with Gasteiger partial charge >= 0.3 is 0 Å². The molecule has 0 unspecified atom stereocenters. The zero-order chi connectivity index (χ0) is 11.5. The topological polar surface area (TPSA) is 51.2 Å². The van der Waals surface area contributed by atoms with Gasteiger partial charge in [-0.2, -0.15) is 0 Å². The Hall–Kier alpha value is -1.90. The van der Waals surface area contributed by atoms with Crippen molar-refractivity contribution in [2.24, 2.45) is 0 Å². The molecule has 3 N–H and O–H groups in total. The molecule has 1 aromatic heterocycles. The van der Waals surface area contributed by atoms with Crippen molar-refractivity contribution >= 4 is 11.4 Å². The van der Waals surface area contributed by atoms with E-state index in [0.29, 0.717) is 6.54 Å². The minimum absolute atomic E-state index is 0.679. The van der Waals surface area contributed by atoms with Crippen molar-refractivity contribution in [2.45, 2.75) is 20.4 Å². The molecule has 0 aliphatic heterocycles. The number of nitrogens with two attached hydrogens (primary N) is 1. The highest BCUT2D eigenvalue weighted by atomic mass is 16.3. The number of anilines is 2. The number of benzene rings is 1. The average Bonchev–Trinajstić information content (AvgIpc) is 2.66. The van der Waals surface area contributed by atoms with E-state index in [0.717, 1.165) is 22.9 Å². The first-order valence-corrected chi connectivity index (χ1v) is 5.30. The molecule has 1 aromatic carbocycles. The number of hydrogen-bond donors (Lipinski definition) is 2. The van der Waals surface area contributed by atoms with E-state index >= 15 is 0 Å². The normalized spacial score (nSPS) is 10.4. The second kappa shape index (κ2) is 4.31. The Bertz CT molecular complexity index is 488. The Kier molecular flexibility index (Phi) is 2.86. The van der Waals surface area contributed by atoms with Gasteiger partial charge in [-0.05, 0) is 43.7 Å². The van der Waals surface area contributed by atoms with E-state index < -0.39 is 0 Å². The van der Waals surface area contributed by atoms with Crippen LogP contribution in [0.3, 0.4) is 0 Å². The van der Waals surface area contributed by atoms with Gasteiger partial charge in [-0.15, -0.1) is 0 Å². The van der Waals surface area contributed by atoms with Gasteiger partial charge in [0.2, 0.25) is 0 Å². The van der Waals surface area contributed by atoms with Gasteiger partial charge < -0.3 is 15.5 Å². The van der Waals surface area contributed by atoms with Crippen LogP contribution in [0, 0.1) is 13.8 Å². The van der Waals surface area contributed by atoms with Crippen LogP contribution in [0.1, 0.15) is 17.1 Å². The third-order valence-electron chi connectivity index (χ3n) is 2.51. The second-order valence-corrected chi connectivity index (χ2v) is 3.94. The van der Waals surface area contributed by atoms with Crippen LogP contribution in [0.5, 0.6) is 0 Å². The molecular formula is C13H16N2O. The molecule has 2 aromatic rings. The van der Waals surface area contributed by atoms with Gasteiger partial charge in [0.1, 0.15) is 11.5 Å². The summed E-state index contributed by atoms with van der Waals surface area (Å²) in [6.45, 7) is 4.67. The van der Waals surface area contributed by atoms with E-state index in [4.69, 9.17) is 10.2 Å². The number of aryl methyl sites for hydroxylation is 2. The van der Waals surface area contributed by atoms with Crippen molar-refractivity contribution in [3.8, 4) is 0 Å². The van der Waals surface area contributed by atoms with Crippen molar-refractivity contribution in [3.63, 3.8) is 0 Å². The van der Waals surface area contributed by atoms with Crippen molar-refractivity contribution in [2.75, 3.05) is 11.1 Å². The molecule has 0 saturated carbocycles. The van der Waals surface area contributed by atoms with Crippen molar-refractivity contribution in [3.05, 3.63) is 47.4 Å².